The number of anilines is 1. The van der Waals surface area contributed by atoms with E-state index < -0.39 is 0 Å². The van der Waals surface area contributed by atoms with E-state index in [-0.39, 0.29) is 0 Å². The number of allylic oxidation sites excluding steroid dienone is 1. The summed E-state index contributed by atoms with van der Waals surface area (Å²) in [6.07, 6.45) is 10.9. The van der Waals surface area contributed by atoms with Gasteiger partial charge in [-0.25, -0.2) is 19.5 Å². The van der Waals surface area contributed by atoms with Crippen LogP contribution >= 0.6 is 0 Å². The lowest BCUT2D eigenvalue weighted by atomic mass is 10.0. The van der Waals surface area contributed by atoms with Crippen LogP contribution in [0.4, 0.5) is 5.95 Å². The van der Waals surface area contributed by atoms with E-state index in [9.17, 15) is 0 Å². The number of fused-ring (bicyclic) bond motifs is 2. The molecular weight excluding hydrogens is 276 g/mol. The summed E-state index contributed by atoms with van der Waals surface area (Å²) in [5.74, 6) is 0.666. The third-order valence-corrected chi connectivity index (χ3v) is 3.88. The zero-order valence-electron chi connectivity index (χ0n) is 12.3. The lowest BCUT2D eigenvalue weighted by molar-refractivity contribution is 0.822. The van der Waals surface area contributed by atoms with Crippen LogP contribution in [0.3, 0.4) is 0 Å². The van der Waals surface area contributed by atoms with Crippen molar-refractivity contribution < 1.29 is 0 Å². The summed E-state index contributed by atoms with van der Waals surface area (Å²) in [5.41, 5.74) is 5.05. The molecule has 1 N–H and O–H groups in total. The van der Waals surface area contributed by atoms with Gasteiger partial charge in [0, 0.05) is 36.6 Å². The summed E-state index contributed by atoms with van der Waals surface area (Å²) in [6, 6.07) is 3.90. The van der Waals surface area contributed by atoms with E-state index in [2.05, 4.69) is 26.5 Å². The number of hydrogen-bond donors (Lipinski definition) is 1. The largest absolute Gasteiger partial charge is 0.357 e. The van der Waals surface area contributed by atoms with Gasteiger partial charge < -0.3 is 5.32 Å². The first-order valence-corrected chi connectivity index (χ1v) is 7.40. The topological polar surface area (TPSA) is 68.0 Å². The molecule has 110 valence electrons. The van der Waals surface area contributed by atoms with Crippen LogP contribution in [0.1, 0.15) is 29.8 Å². The highest BCUT2D eigenvalue weighted by molar-refractivity contribution is 5.79. The molecule has 0 atom stereocenters. The maximum Gasteiger partial charge on any atom is 0.222 e. The van der Waals surface area contributed by atoms with Crippen LogP contribution in [-0.4, -0.2) is 31.6 Å². The predicted molar refractivity (Wildman–Crippen MR) is 84.6 cm³/mol. The van der Waals surface area contributed by atoms with Crippen molar-refractivity contribution in [3.8, 4) is 0 Å². The molecule has 0 aliphatic heterocycles. The molecule has 0 spiro atoms. The molecule has 1 aliphatic rings. The van der Waals surface area contributed by atoms with Crippen molar-refractivity contribution >= 4 is 17.2 Å². The lowest BCUT2D eigenvalue weighted by Crippen LogP contribution is -2.04. The molecule has 3 heterocycles. The zero-order valence-corrected chi connectivity index (χ0v) is 12.3. The summed E-state index contributed by atoms with van der Waals surface area (Å²) in [6.45, 7) is 0. The molecule has 0 saturated carbocycles. The molecule has 3 aromatic rings. The first-order valence-electron chi connectivity index (χ1n) is 7.40. The Morgan fingerprint density at radius 3 is 3.09 bits per heavy atom. The number of nitrogens with one attached hydrogen (secondary N) is 1. The van der Waals surface area contributed by atoms with Crippen molar-refractivity contribution in [1.29, 1.82) is 0 Å². The van der Waals surface area contributed by atoms with Gasteiger partial charge >= 0.3 is 0 Å². The maximum absolute atomic E-state index is 4.70. The molecule has 22 heavy (non-hydrogen) atoms. The van der Waals surface area contributed by atoms with E-state index in [1.165, 1.54) is 0 Å². The minimum Gasteiger partial charge on any atom is -0.357 e. The van der Waals surface area contributed by atoms with Gasteiger partial charge in [-0.2, -0.15) is 5.10 Å². The first-order chi connectivity index (χ1) is 10.8. The molecule has 4 rings (SSSR count). The molecule has 0 aromatic carbocycles. The van der Waals surface area contributed by atoms with Gasteiger partial charge in [-0.3, -0.25) is 0 Å². The fraction of sp³-hybridized carbons (Fsp3) is 0.250. The van der Waals surface area contributed by atoms with Gasteiger partial charge in [0.1, 0.15) is 0 Å². The Morgan fingerprint density at radius 1 is 1.23 bits per heavy atom. The van der Waals surface area contributed by atoms with Crippen LogP contribution < -0.4 is 5.32 Å². The second-order valence-corrected chi connectivity index (χ2v) is 5.26. The molecule has 0 bridgehead atoms. The highest BCUT2D eigenvalue weighted by atomic mass is 15.2. The summed E-state index contributed by atoms with van der Waals surface area (Å²) in [7, 11) is 1.84. The first kappa shape index (κ1) is 12.9. The van der Waals surface area contributed by atoms with E-state index in [1.54, 1.807) is 10.7 Å². The number of nitrogens with zero attached hydrogens (tertiary/aromatic N) is 5. The Balaban J connectivity index is 1.85. The highest BCUT2D eigenvalue weighted by Gasteiger charge is 2.17. The fourth-order valence-electron chi connectivity index (χ4n) is 2.78. The van der Waals surface area contributed by atoms with Gasteiger partial charge in [-0.05, 0) is 25.3 Å². The van der Waals surface area contributed by atoms with Crippen LogP contribution in [0.25, 0.3) is 11.2 Å². The Labute approximate surface area is 127 Å². The minimum atomic E-state index is 0.666. The van der Waals surface area contributed by atoms with Crippen LogP contribution in [0.2, 0.25) is 0 Å². The quantitative estimate of drug-likeness (QED) is 0.785. The van der Waals surface area contributed by atoms with Gasteiger partial charge in [0.25, 0.3) is 0 Å². The maximum atomic E-state index is 4.70. The molecule has 0 fully saturated rings. The summed E-state index contributed by atoms with van der Waals surface area (Å²) >= 11 is 0. The van der Waals surface area contributed by atoms with Crippen molar-refractivity contribution in [2.45, 2.75) is 19.3 Å². The number of aryl methyl sites for hydroxylation is 1. The Morgan fingerprint density at radius 2 is 2.18 bits per heavy atom. The standard InChI is InChI=1S/C16H16N6/c1-17-16-18-10-12-11(4-2-3-5-13(12)21-16)14-7-9-22-15(20-14)6-8-19-22/h4,6-10H,2-3,5H2,1H3,(H,17,18,21). The third kappa shape index (κ3) is 2.13. The molecule has 1 aliphatic carbocycles. The second kappa shape index (κ2) is 5.22. The van der Waals surface area contributed by atoms with E-state index in [4.69, 9.17) is 4.98 Å². The van der Waals surface area contributed by atoms with E-state index in [0.29, 0.717) is 5.95 Å². The number of hydrogen-bond acceptors (Lipinski definition) is 5. The summed E-state index contributed by atoms with van der Waals surface area (Å²) < 4.78 is 1.77. The van der Waals surface area contributed by atoms with Crippen LogP contribution in [-0.2, 0) is 6.42 Å². The van der Waals surface area contributed by atoms with Gasteiger partial charge in [0.15, 0.2) is 5.65 Å². The summed E-state index contributed by atoms with van der Waals surface area (Å²) in [4.78, 5) is 13.7. The molecule has 0 radical (unpaired) electrons. The van der Waals surface area contributed by atoms with Gasteiger partial charge in [-0.1, -0.05) is 6.08 Å². The average Bonchev–Trinajstić information content (AvgIpc) is 2.92. The van der Waals surface area contributed by atoms with Crippen molar-refractivity contribution in [3.63, 3.8) is 0 Å². The third-order valence-electron chi connectivity index (χ3n) is 3.88. The second-order valence-electron chi connectivity index (χ2n) is 5.26. The Kier molecular flexibility index (Phi) is 3.07. The zero-order chi connectivity index (χ0) is 14.9. The number of aromatic nitrogens is 5. The van der Waals surface area contributed by atoms with Gasteiger partial charge in [-0.15, -0.1) is 0 Å². The smallest absolute Gasteiger partial charge is 0.222 e. The van der Waals surface area contributed by atoms with Gasteiger partial charge in [0.05, 0.1) is 17.6 Å². The van der Waals surface area contributed by atoms with Crippen molar-refractivity contribution in [2.75, 3.05) is 12.4 Å². The van der Waals surface area contributed by atoms with Crippen LogP contribution in [0, 0.1) is 0 Å². The molecule has 0 saturated heterocycles. The Bertz CT molecular complexity index is 864. The SMILES string of the molecule is CNc1ncc2c(n1)CCCC=C2c1ccn2nccc2n1. The van der Waals surface area contributed by atoms with Crippen LogP contribution in [0.15, 0.2) is 36.8 Å². The lowest BCUT2D eigenvalue weighted by Gasteiger charge is -2.11. The molecular formula is C16H16N6. The Hall–Kier alpha value is -2.76. The number of rotatable bonds is 2. The van der Waals surface area contributed by atoms with Crippen molar-refractivity contribution in [3.05, 3.63) is 53.8 Å². The summed E-state index contributed by atoms with van der Waals surface area (Å²) in [5, 5.41) is 7.20. The fourth-order valence-corrected chi connectivity index (χ4v) is 2.78. The van der Waals surface area contributed by atoms with E-state index in [1.807, 2.05) is 31.6 Å². The predicted octanol–water partition coefficient (Wildman–Crippen LogP) is 2.33. The normalized spacial score (nSPS) is 14.3. The van der Waals surface area contributed by atoms with Crippen LogP contribution in [0.5, 0.6) is 0 Å². The van der Waals surface area contributed by atoms with Crippen molar-refractivity contribution in [2.24, 2.45) is 0 Å². The van der Waals surface area contributed by atoms with E-state index in [0.717, 1.165) is 47.4 Å². The highest BCUT2D eigenvalue weighted by Crippen LogP contribution is 2.29. The molecule has 6 heteroatoms. The molecule has 0 unspecified atom stereocenters. The minimum absolute atomic E-state index is 0.666. The molecule has 0 amide bonds. The van der Waals surface area contributed by atoms with Crippen molar-refractivity contribution in [1.82, 2.24) is 24.6 Å². The van der Waals surface area contributed by atoms with E-state index >= 15 is 0 Å². The molecule has 6 nitrogen and oxygen atoms in total. The average molecular weight is 292 g/mol. The van der Waals surface area contributed by atoms with Gasteiger partial charge in [0.2, 0.25) is 5.95 Å². The monoisotopic (exact) mass is 292 g/mol. The molecule has 3 aromatic heterocycles.